The molecule has 9 rings (SSSR count). The first-order valence-corrected chi connectivity index (χ1v) is 14.5. The van der Waals surface area contributed by atoms with E-state index in [1.165, 1.54) is 18.2 Å². The van der Waals surface area contributed by atoms with Crippen LogP contribution in [0.3, 0.4) is 0 Å². The van der Waals surface area contributed by atoms with Gasteiger partial charge in [-0.3, -0.25) is 9.48 Å². The molecule has 2 aromatic heterocycles. The van der Waals surface area contributed by atoms with Crippen LogP contribution in [-0.2, 0) is 4.79 Å². The Hall–Kier alpha value is -3.66. The summed E-state index contributed by atoms with van der Waals surface area (Å²) in [5.41, 5.74) is 2.49. The lowest BCUT2D eigenvalue weighted by molar-refractivity contribution is -0.293. The number of H-pyrrole nitrogens is 1. The summed E-state index contributed by atoms with van der Waals surface area (Å²) in [5.74, 6) is -1.45. The minimum Gasteiger partial charge on any atom is -0.347 e. The van der Waals surface area contributed by atoms with Gasteiger partial charge >= 0.3 is 6.18 Å². The van der Waals surface area contributed by atoms with Gasteiger partial charge in [-0.1, -0.05) is 18.0 Å². The van der Waals surface area contributed by atoms with E-state index in [0.29, 0.717) is 52.1 Å². The molecule has 216 valence electrons. The Balaban J connectivity index is 1.26. The van der Waals surface area contributed by atoms with Gasteiger partial charge in [0.1, 0.15) is 5.82 Å². The maximum atomic E-state index is 14.5. The molecule has 4 saturated carbocycles. The highest BCUT2D eigenvalue weighted by atomic mass is 35.5. The van der Waals surface area contributed by atoms with E-state index in [-0.39, 0.29) is 19.3 Å². The van der Waals surface area contributed by atoms with E-state index in [1.807, 2.05) is 23.0 Å². The van der Waals surface area contributed by atoms with Gasteiger partial charge in [0.25, 0.3) is 0 Å². The van der Waals surface area contributed by atoms with Gasteiger partial charge < -0.3 is 10.3 Å². The number of hydrogen-bond donors (Lipinski definition) is 2. The second-order valence-corrected chi connectivity index (χ2v) is 12.8. The molecule has 6 nitrogen and oxygen atoms in total. The molecule has 5 aliphatic carbocycles. The van der Waals surface area contributed by atoms with Crippen LogP contribution in [0, 0.1) is 16.6 Å². The van der Waals surface area contributed by atoms with E-state index < -0.39 is 34.6 Å². The zero-order valence-corrected chi connectivity index (χ0v) is 23.1. The Morgan fingerprint density at radius 2 is 1.93 bits per heavy atom. The van der Waals surface area contributed by atoms with Crippen LogP contribution in [0.4, 0.5) is 23.2 Å². The van der Waals surface area contributed by atoms with E-state index in [9.17, 15) is 22.4 Å². The Kier molecular flexibility index (Phi) is 5.38. The predicted molar refractivity (Wildman–Crippen MR) is 149 cm³/mol. The Labute approximate surface area is 243 Å². The molecule has 5 aliphatic rings. The van der Waals surface area contributed by atoms with Crippen molar-refractivity contribution in [3.8, 4) is 22.4 Å². The van der Waals surface area contributed by atoms with Crippen LogP contribution < -0.4 is 5.32 Å². The van der Waals surface area contributed by atoms with Gasteiger partial charge in [-0.25, -0.2) is 9.37 Å². The van der Waals surface area contributed by atoms with E-state index >= 15 is 0 Å². The van der Waals surface area contributed by atoms with Gasteiger partial charge in [-0.05, 0) is 85.5 Å². The topological polar surface area (TPSA) is 75.6 Å². The van der Waals surface area contributed by atoms with Crippen LogP contribution in [-0.4, -0.2) is 31.8 Å². The smallest absolute Gasteiger partial charge is 0.347 e. The lowest BCUT2D eigenvalue weighted by atomic mass is 9.45. The van der Waals surface area contributed by atoms with Gasteiger partial charge in [0.05, 0.1) is 46.7 Å². The van der Waals surface area contributed by atoms with Gasteiger partial charge in [-0.15, -0.1) is 0 Å². The molecule has 4 fully saturated rings. The van der Waals surface area contributed by atoms with E-state index in [2.05, 4.69) is 20.4 Å². The quantitative estimate of drug-likeness (QED) is 0.202. The van der Waals surface area contributed by atoms with Crippen molar-refractivity contribution in [1.29, 1.82) is 0 Å². The molecule has 0 spiro atoms. The summed E-state index contributed by atoms with van der Waals surface area (Å²) in [5, 5.41) is 7.93. The first-order valence-electron chi connectivity index (χ1n) is 14.2. The normalized spacial score (nSPS) is 26.0. The van der Waals surface area contributed by atoms with E-state index in [1.54, 1.807) is 12.5 Å². The number of aromatic amines is 1. The number of amides is 1. The summed E-state index contributed by atoms with van der Waals surface area (Å²) in [4.78, 5) is 21.7. The highest BCUT2D eigenvalue weighted by Gasteiger charge is 2.71. The molecular weight excluding hydrogens is 570 g/mol. The van der Waals surface area contributed by atoms with Crippen LogP contribution >= 0.6 is 11.6 Å². The molecular formula is C31H26ClF4N5O. The number of rotatable bonds is 5. The summed E-state index contributed by atoms with van der Waals surface area (Å²) in [7, 11) is 0. The van der Waals surface area contributed by atoms with Crippen molar-refractivity contribution in [2.24, 2.45) is 10.8 Å². The lowest BCUT2D eigenvalue weighted by Gasteiger charge is -2.59. The molecule has 4 aromatic rings. The van der Waals surface area contributed by atoms with Crippen molar-refractivity contribution in [3.05, 3.63) is 76.7 Å². The maximum Gasteiger partial charge on any atom is 0.394 e. The minimum atomic E-state index is -4.34. The Morgan fingerprint density at radius 1 is 1.12 bits per heavy atom. The fourth-order valence-corrected chi connectivity index (χ4v) is 7.85. The average Bonchev–Trinajstić information content (AvgIpc) is 3.35. The second-order valence-electron chi connectivity index (χ2n) is 12.4. The van der Waals surface area contributed by atoms with Crippen molar-refractivity contribution < 1.29 is 22.4 Å². The zero-order valence-electron chi connectivity index (χ0n) is 22.4. The summed E-state index contributed by atoms with van der Waals surface area (Å²) < 4.78 is 58.3. The highest BCUT2D eigenvalue weighted by Crippen LogP contribution is 2.69. The average molecular weight is 596 g/mol. The largest absolute Gasteiger partial charge is 0.394 e. The number of fused-ring (bicyclic) bond motifs is 5. The number of hydrogen-bond acceptors (Lipinski definition) is 3. The molecule has 1 amide bonds. The molecule has 2 aromatic carbocycles. The van der Waals surface area contributed by atoms with Crippen LogP contribution in [0.1, 0.15) is 73.7 Å². The van der Waals surface area contributed by atoms with Gasteiger partial charge in [0.15, 0.2) is 0 Å². The Morgan fingerprint density at radius 3 is 2.69 bits per heavy atom. The lowest BCUT2D eigenvalue weighted by Crippen LogP contribution is -2.61. The number of nitrogens with zero attached hydrogens (tertiary/aromatic N) is 3. The minimum absolute atomic E-state index is 0.0574. The van der Waals surface area contributed by atoms with Crippen LogP contribution in [0.5, 0.6) is 0 Å². The van der Waals surface area contributed by atoms with Crippen molar-refractivity contribution >= 4 is 23.2 Å². The third-order valence-electron chi connectivity index (χ3n) is 9.80. The third-order valence-corrected chi connectivity index (χ3v) is 10.1. The molecule has 2 bridgehead atoms. The van der Waals surface area contributed by atoms with Gasteiger partial charge in [0.2, 0.25) is 5.91 Å². The van der Waals surface area contributed by atoms with Crippen molar-refractivity contribution in [3.63, 3.8) is 0 Å². The van der Waals surface area contributed by atoms with Crippen LogP contribution in [0.2, 0.25) is 5.02 Å². The number of alkyl halides is 3. The summed E-state index contributed by atoms with van der Waals surface area (Å²) >= 11 is 6.60. The molecule has 2 N–H and O–H groups in total. The summed E-state index contributed by atoms with van der Waals surface area (Å²) in [6, 6.07) is 8.34. The number of benzene rings is 2. The fourth-order valence-electron chi connectivity index (χ4n) is 7.62. The molecule has 42 heavy (non-hydrogen) atoms. The monoisotopic (exact) mass is 595 g/mol. The molecule has 0 aliphatic heterocycles. The van der Waals surface area contributed by atoms with Crippen molar-refractivity contribution in [2.45, 2.75) is 63.1 Å². The van der Waals surface area contributed by atoms with Gasteiger partial charge in [0, 0.05) is 28.0 Å². The van der Waals surface area contributed by atoms with Crippen molar-refractivity contribution in [1.82, 2.24) is 19.7 Å². The molecule has 0 radical (unpaired) electrons. The SMILES string of the molecule is O=C(Nc1cc(-c2cnn(C3CC3)c2)cc2c1C(c1cc(F)ccc1Cl)c1[nH]cnc1-2)C12CCCC(C(F)(F)F)(C1)C2. The van der Waals surface area contributed by atoms with Crippen LogP contribution in [0.25, 0.3) is 22.4 Å². The molecule has 2 heterocycles. The molecule has 11 heteroatoms. The number of aromatic nitrogens is 4. The molecule has 0 saturated heterocycles. The standard InChI is InChI=1S/C31H26ClF4N5O/c32-22-5-2-18(33)10-20(22)25-24-21(26-27(25)38-15-37-26)8-16(17-11-39-41(12-17)19-3-4-19)9-23(24)40-28(42)29-6-1-7-30(13-29,14-29)31(34,35)36/h2,5,8-12,15,19,25H,1,3-4,6-7,13-14H2,(H,37,38)(H,40,42). The number of imidazole rings is 1. The number of carbonyl (C=O) groups excluding carboxylic acids is 1. The third kappa shape index (κ3) is 3.73. The number of carbonyl (C=O) groups is 1. The predicted octanol–water partition coefficient (Wildman–Crippen LogP) is 8.01. The molecule has 1 atom stereocenters. The van der Waals surface area contributed by atoms with E-state index in [4.69, 9.17) is 11.6 Å². The number of anilines is 1. The molecule has 1 unspecified atom stereocenters. The number of nitrogens with one attached hydrogen (secondary N) is 2. The van der Waals surface area contributed by atoms with Gasteiger partial charge in [-0.2, -0.15) is 18.3 Å². The Bertz CT molecular complexity index is 1760. The van der Waals surface area contributed by atoms with Crippen LogP contribution in [0.15, 0.2) is 49.1 Å². The summed E-state index contributed by atoms with van der Waals surface area (Å²) in [6.45, 7) is 0. The number of halogens is 5. The van der Waals surface area contributed by atoms with Crippen molar-refractivity contribution in [2.75, 3.05) is 5.32 Å². The maximum absolute atomic E-state index is 14.5. The fraction of sp³-hybridized carbons (Fsp3) is 0.387. The zero-order chi connectivity index (χ0) is 29.0. The first-order chi connectivity index (χ1) is 20.1. The second kappa shape index (κ2) is 8.69. The summed E-state index contributed by atoms with van der Waals surface area (Å²) in [6.07, 6.45) is 3.52. The highest BCUT2D eigenvalue weighted by molar-refractivity contribution is 6.31. The van der Waals surface area contributed by atoms with E-state index in [0.717, 1.165) is 29.5 Å². The first kappa shape index (κ1) is 26.0.